The molecule has 7 nitrogen and oxygen atoms in total. The van der Waals surface area contributed by atoms with E-state index < -0.39 is 5.91 Å². The fourth-order valence-corrected chi connectivity index (χ4v) is 3.35. The van der Waals surface area contributed by atoms with Gasteiger partial charge in [-0.3, -0.25) is 4.79 Å². The molecule has 0 saturated heterocycles. The third-order valence-electron chi connectivity index (χ3n) is 4.24. The van der Waals surface area contributed by atoms with Crippen molar-refractivity contribution in [3.8, 4) is 41.4 Å². The van der Waals surface area contributed by atoms with E-state index in [4.69, 9.17) is 25.4 Å². The number of terminal acetylenes is 1. The highest BCUT2D eigenvalue weighted by Crippen LogP contribution is 2.37. The van der Waals surface area contributed by atoms with E-state index in [1.165, 1.54) is 13.2 Å². The zero-order chi connectivity index (χ0) is 23.5. The van der Waals surface area contributed by atoms with Crippen molar-refractivity contribution in [2.75, 3.05) is 27.4 Å². The Kier molecular flexibility index (Phi) is 9.46. The first-order valence-electron chi connectivity index (χ1n) is 9.60. The largest absolute Gasteiger partial charge is 0.497 e. The Bertz CT molecular complexity index is 1080. The minimum absolute atomic E-state index is 0.0656. The quantitative estimate of drug-likeness (QED) is 0.301. The first-order valence-corrected chi connectivity index (χ1v) is 10.4. The molecule has 2 aromatic carbocycles. The van der Waals surface area contributed by atoms with E-state index in [1.54, 1.807) is 37.4 Å². The van der Waals surface area contributed by atoms with E-state index in [0.717, 1.165) is 5.56 Å². The fourth-order valence-electron chi connectivity index (χ4n) is 2.77. The monoisotopic (exact) mass is 498 g/mol. The topological polar surface area (TPSA) is 89.8 Å². The van der Waals surface area contributed by atoms with Gasteiger partial charge in [-0.05, 0) is 58.8 Å². The second kappa shape index (κ2) is 12.3. The van der Waals surface area contributed by atoms with E-state index >= 15 is 0 Å². The number of ether oxygens (including phenoxy) is 4. The Morgan fingerprint density at radius 3 is 2.59 bits per heavy atom. The van der Waals surface area contributed by atoms with E-state index in [2.05, 4.69) is 27.2 Å². The number of hydrogen-bond acceptors (Lipinski definition) is 6. The fraction of sp³-hybridized carbons (Fsp3) is 0.250. The van der Waals surface area contributed by atoms with Crippen molar-refractivity contribution >= 4 is 27.9 Å². The number of halogens is 1. The number of nitrogens with one attached hydrogen (secondary N) is 1. The number of carbonyl (C=O) groups is 1. The molecule has 0 unspecified atom stereocenters. The molecule has 8 heteroatoms. The lowest BCUT2D eigenvalue weighted by Gasteiger charge is -2.13. The van der Waals surface area contributed by atoms with Gasteiger partial charge in [0.05, 0.1) is 25.3 Å². The van der Waals surface area contributed by atoms with Gasteiger partial charge in [0.2, 0.25) is 0 Å². The molecule has 166 valence electrons. The summed E-state index contributed by atoms with van der Waals surface area (Å²) in [5.41, 5.74) is 1.27. The first kappa shape index (κ1) is 24.6. The molecule has 2 aromatic rings. The maximum atomic E-state index is 12.6. The van der Waals surface area contributed by atoms with Crippen LogP contribution in [0.5, 0.6) is 23.0 Å². The van der Waals surface area contributed by atoms with Crippen LogP contribution in [-0.2, 0) is 11.3 Å². The van der Waals surface area contributed by atoms with Crippen molar-refractivity contribution in [2.24, 2.45) is 0 Å². The lowest BCUT2D eigenvalue weighted by atomic mass is 10.1. The third kappa shape index (κ3) is 6.44. The predicted molar refractivity (Wildman–Crippen MR) is 125 cm³/mol. The zero-order valence-corrected chi connectivity index (χ0v) is 19.6. The van der Waals surface area contributed by atoms with Crippen LogP contribution in [0.1, 0.15) is 18.1 Å². The summed E-state index contributed by atoms with van der Waals surface area (Å²) in [6, 6.07) is 10.6. The molecule has 0 fully saturated rings. The van der Waals surface area contributed by atoms with Crippen LogP contribution in [-0.4, -0.2) is 33.3 Å². The molecule has 0 aliphatic rings. The number of hydrogen-bond donors (Lipinski definition) is 1. The second-order valence-corrected chi connectivity index (χ2v) is 7.14. The standard InChI is InChI=1S/C24H23BrN2O5/c1-5-9-32-23-20(25)11-16(12-22(23)31-6-2)10-18(14-26)24(28)27-15-17-7-8-19(29-3)13-21(17)30-4/h1,7-8,10-13H,6,9,15H2,2-4H3,(H,27,28)/b18-10+. The maximum absolute atomic E-state index is 12.6. The molecule has 0 saturated carbocycles. The molecule has 0 bridgehead atoms. The summed E-state index contributed by atoms with van der Waals surface area (Å²) in [7, 11) is 3.09. The summed E-state index contributed by atoms with van der Waals surface area (Å²) in [4.78, 5) is 12.6. The van der Waals surface area contributed by atoms with Crippen LogP contribution in [0.15, 0.2) is 40.4 Å². The molecule has 0 spiro atoms. The summed E-state index contributed by atoms with van der Waals surface area (Å²) in [6.45, 7) is 2.50. The van der Waals surface area contributed by atoms with Crippen LogP contribution >= 0.6 is 15.9 Å². The number of amides is 1. The number of nitriles is 1. The molecule has 32 heavy (non-hydrogen) atoms. The molecule has 0 aliphatic heterocycles. The highest BCUT2D eigenvalue weighted by molar-refractivity contribution is 9.10. The number of rotatable bonds is 10. The van der Waals surface area contributed by atoms with Gasteiger partial charge in [0.25, 0.3) is 5.91 Å². The molecular formula is C24H23BrN2O5. The van der Waals surface area contributed by atoms with Crippen molar-refractivity contribution in [1.29, 1.82) is 5.26 Å². The van der Waals surface area contributed by atoms with E-state index in [0.29, 0.717) is 39.6 Å². The summed E-state index contributed by atoms with van der Waals surface area (Å²) in [5, 5.41) is 12.3. The molecule has 0 heterocycles. The molecule has 1 N–H and O–H groups in total. The Morgan fingerprint density at radius 2 is 1.97 bits per heavy atom. The van der Waals surface area contributed by atoms with E-state index in [9.17, 15) is 10.1 Å². The molecule has 0 radical (unpaired) electrons. The van der Waals surface area contributed by atoms with Crippen molar-refractivity contribution < 1.29 is 23.7 Å². The van der Waals surface area contributed by atoms with Crippen molar-refractivity contribution in [1.82, 2.24) is 5.32 Å². The van der Waals surface area contributed by atoms with E-state index in [-0.39, 0.29) is 18.7 Å². The minimum atomic E-state index is -0.521. The Morgan fingerprint density at radius 1 is 1.19 bits per heavy atom. The van der Waals surface area contributed by atoms with Crippen molar-refractivity contribution in [3.63, 3.8) is 0 Å². The van der Waals surface area contributed by atoms with Crippen LogP contribution in [0.25, 0.3) is 6.08 Å². The molecule has 0 aliphatic carbocycles. The molecule has 2 rings (SSSR count). The second-order valence-electron chi connectivity index (χ2n) is 6.29. The number of methoxy groups -OCH3 is 2. The van der Waals surface area contributed by atoms with Gasteiger partial charge in [0.1, 0.15) is 29.7 Å². The minimum Gasteiger partial charge on any atom is -0.497 e. The molecule has 0 aromatic heterocycles. The van der Waals surface area contributed by atoms with Gasteiger partial charge in [-0.1, -0.05) is 5.92 Å². The number of nitrogens with zero attached hydrogens (tertiary/aromatic N) is 1. The van der Waals surface area contributed by atoms with Gasteiger partial charge in [-0.2, -0.15) is 5.26 Å². The number of benzene rings is 2. The van der Waals surface area contributed by atoms with Crippen LogP contribution in [0.4, 0.5) is 0 Å². The Labute approximate surface area is 196 Å². The van der Waals surface area contributed by atoms with Crippen molar-refractivity contribution in [3.05, 3.63) is 51.5 Å². The van der Waals surface area contributed by atoms with Gasteiger partial charge in [-0.25, -0.2) is 0 Å². The molecule has 1 amide bonds. The summed E-state index contributed by atoms with van der Waals surface area (Å²) in [5.74, 6) is 3.99. The van der Waals surface area contributed by atoms with Gasteiger partial charge >= 0.3 is 0 Å². The van der Waals surface area contributed by atoms with Crippen LogP contribution in [0, 0.1) is 23.7 Å². The zero-order valence-electron chi connectivity index (χ0n) is 18.0. The van der Waals surface area contributed by atoms with Crippen LogP contribution in [0.3, 0.4) is 0 Å². The average molecular weight is 499 g/mol. The molecule has 0 atom stereocenters. The SMILES string of the molecule is C#CCOc1c(Br)cc(/C=C(\C#N)C(=O)NCc2ccc(OC)cc2OC)cc1OCC. The van der Waals surface area contributed by atoms with Gasteiger partial charge in [0.15, 0.2) is 11.5 Å². The summed E-state index contributed by atoms with van der Waals surface area (Å²) in [6.07, 6.45) is 6.74. The third-order valence-corrected chi connectivity index (χ3v) is 4.83. The predicted octanol–water partition coefficient (Wildman–Crippen LogP) is 4.10. The normalized spacial score (nSPS) is 10.5. The van der Waals surface area contributed by atoms with Crippen LogP contribution in [0.2, 0.25) is 0 Å². The lowest BCUT2D eigenvalue weighted by molar-refractivity contribution is -0.117. The van der Waals surface area contributed by atoms with Gasteiger partial charge < -0.3 is 24.3 Å². The van der Waals surface area contributed by atoms with E-state index in [1.807, 2.05) is 13.0 Å². The summed E-state index contributed by atoms with van der Waals surface area (Å²) < 4.78 is 22.3. The Hall–Kier alpha value is -3.62. The van der Waals surface area contributed by atoms with Crippen LogP contribution < -0.4 is 24.3 Å². The van der Waals surface area contributed by atoms with Gasteiger partial charge in [0, 0.05) is 18.2 Å². The average Bonchev–Trinajstić information content (AvgIpc) is 2.80. The smallest absolute Gasteiger partial charge is 0.262 e. The maximum Gasteiger partial charge on any atom is 0.262 e. The highest BCUT2D eigenvalue weighted by Gasteiger charge is 2.15. The Balaban J connectivity index is 2.24. The molecular weight excluding hydrogens is 476 g/mol. The lowest BCUT2D eigenvalue weighted by Crippen LogP contribution is -2.24. The summed E-state index contributed by atoms with van der Waals surface area (Å²) >= 11 is 3.43. The highest BCUT2D eigenvalue weighted by atomic mass is 79.9. The van der Waals surface area contributed by atoms with Crippen molar-refractivity contribution in [2.45, 2.75) is 13.5 Å². The first-order chi connectivity index (χ1) is 15.5. The number of carbonyl (C=O) groups excluding carboxylic acids is 1. The van der Waals surface area contributed by atoms with Gasteiger partial charge in [-0.15, -0.1) is 6.42 Å².